The zero-order valence-electron chi connectivity index (χ0n) is 6.28. The highest BCUT2D eigenvalue weighted by molar-refractivity contribution is 9.11. The van der Waals surface area contributed by atoms with Crippen molar-refractivity contribution in [2.24, 2.45) is 0 Å². The average molecular weight is 271 g/mol. The molecule has 1 rings (SSSR count). The molecule has 1 aromatic rings. The number of hydrogen-bond acceptors (Lipinski definition) is 4. The van der Waals surface area contributed by atoms with Crippen molar-refractivity contribution in [1.82, 2.24) is 0 Å². The van der Waals surface area contributed by atoms with Crippen LogP contribution in [0.1, 0.15) is 6.92 Å². The number of rotatable bonds is 3. The number of hydrogen-bond donors (Lipinski definition) is 0. The van der Waals surface area contributed by atoms with Gasteiger partial charge in [0.05, 0.1) is 10.4 Å². The minimum absolute atomic E-state index is 0.165. The fraction of sp³-hybridized carbons (Fsp3) is 0.333. The van der Waals surface area contributed by atoms with Gasteiger partial charge in [-0.15, -0.1) is 11.3 Å². The Morgan fingerprint density at radius 3 is 2.67 bits per heavy atom. The molecular weight excluding hydrogens is 264 g/mol. The first-order chi connectivity index (χ1) is 5.56. The summed E-state index contributed by atoms with van der Waals surface area (Å²) >= 11 is 4.31. The Balaban J connectivity index is 2.98. The Morgan fingerprint density at radius 1 is 1.58 bits per heavy atom. The van der Waals surface area contributed by atoms with Gasteiger partial charge in [-0.1, -0.05) is 0 Å². The van der Waals surface area contributed by atoms with Crippen LogP contribution in [0.15, 0.2) is 20.1 Å². The van der Waals surface area contributed by atoms with Crippen molar-refractivity contribution < 1.29 is 12.6 Å². The third-order valence-electron chi connectivity index (χ3n) is 1.07. The summed E-state index contributed by atoms with van der Waals surface area (Å²) in [6.07, 6.45) is 0. The summed E-state index contributed by atoms with van der Waals surface area (Å²) in [5, 5.41) is 0. The molecule has 0 unspecified atom stereocenters. The van der Waals surface area contributed by atoms with Gasteiger partial charge in [0.2, 0.25) is 0 Å². The van der Waals surface area contributed by atoms with Gasteiger partial charge < -0.3 is 0 Å². The highest BCUT2D eigenvalue weighted by Gasteiger charge is 2.15. The van der Waals surface area contributed by atoms with Gasteiger partial charge >= 0.3 is 10.1 Å². The summed E-state index contributed by atoms with van der Waals surface area (Å²) in [7, 11) is -3.50. The molecule has 0 bridgehead atoms. The van der Waals surface area contributed by atoms with Crippen molar-refractivity contribution in [3.8, 4) is 0 Å². The van der Waals surface area contributed by atoms with Crippen molar-refractivity contribution in [3.05, 3.63) is 15.9 Å². The van der Waals surface area contributed by atoms with Crippen LogP contribution in [0.25, 0.3) is 0 Å². The Hall–Kier alpha value is 0.0900. The smallest absolute Gasteiger partial charge is 0.266 e. The molecule has 0 aliphatic carbocycles. The van der Waals surface area contributed by atoms with E-state index < -0.39 is 10.1 Å². The second-order valence-electron chi connectivity index (χ2n) is 1.92. The Kier molecular flexibility index (Phi) is 3.28. The van der Waals surface area contributed by atoms with Crippen LogP contribution in [0.3, 0.4) is 0 Å². The summed E-state index contributed by atoms with van der Waals surface area (Å²) in [5.41, 5.74) is 0. The topological polar surface area (TPSA) is 43.4 Å². The Labute approximate surface area is 83.6 Å². The van der Waals surface area contributed by atoms with E-state index in [-0.39, 0.29) is 10.8 Å². The van der Waals surface area contributed by atoms with E-state index in [2.05, 4.69) is 20.1 Å². The van der Waals surface area contributed by atoms with E-state index in [1.54, 1.807) is 13.0 Å². The zero-order valence-corrected chi connectivity index (χ0v) is 9.50. The zero-order chi connectivity index (χ0) is 9.19. The summed E-state index contributed by atoms with van der Waals surface area (Å²) in [5.74, 6) is 0. The second-order valence-corrected chi connectivity index (χ2v) is 6.22. The fourth-order valence-corrected chi connectivity index (χ4v) is 3.57. The fourth-order valence-electron chi connectivity index (χ4n) is 0.645. The van der Waals surface area contributed by atoms with Crippen molar-refractivity contribution in [1.29, 1.82) is 0 Å². The van der Waals surface area contributed by atoms with Gasteiger partial charge in [0.15, 0.2) is 0 Å². The molecule has 0 fully saturated rings. The van der Waals surface area contributed by atoms with Gasteiger partial charge in [-0.2, -0.15) is 8.42 Å². The van der Waals surface area contributed by atoms with Crippen LogP contribution in [0, 0.1) is 0 Å². The largest absolute Gasteiger partial charge is 0.306 e. The highest BCUT2D eigenvalue weighted by Crippen LogP contribution is 2.26. The van der Waals surface area contributed by atoms with E-state index in [1.807, 2.05) is 0 Å². The summed E-state index contributed by atoms with van der Waals surface area (Å²) < 4.78 is 28.0. The molecule has 6 heteroatoms. The third kappa shape index (κ3) is 2.29. The summed E-state index contributed by atoms with van der Waals surface area (Å²) in [6, 6.07) is 3.19. The van der Waals surface area contributed by atoms with Crippen LogP contribution in [0.2, 0.25) is 0 Å². The Bertz CT molecular complexity index is 355. The Morgan fingerprint density at radius 2 is 2.25 bits per heavy atom. The molecule has 0 radical (unpaired) electrons. The van der Waals surface area contributed by atoms with E-state index in [1.165, 1.54) is 6.07 Å². The lowest BCUT2D eigenvalue weighted by Gasteiger charge is -1.97. The van der Waals surface area contributed by atoms with E-state index in [0.29, 0.717) is 0 Å². The SMILES string of the molecule is CCOS(=O)(=O)c1ccc(Br)s1. The van der Waals surface area contributed by atoms with Gasteiger partial charge in [-0.25, -0.2) is 0 Å². The minimum Gasteiger partial charge on any atom is -0.266 e. The first-order valence-electron chi connectivity index (χ1n) is 3.21. The van der Waals surface area contributed by atoms with E-state index in [4.69, 9.17) is 0 Å². The van der Waals surface area contributed by atoms with Crippen LogP contribution in [-0.4, -0.2) is 15.0 Å². The van der Waals surface area contributed by atoms with E-state index in [0.717, 1.165) is 15.1 Å². The maximum Gasteiger partial charge on any atom is 0.306 e. The van der Waals surface area contributed by atoms with E-state index >= 15 is 0 Å². The molecule has 0 aromatic carbocycles. The predicted octanol–water partition coefficient (Wildman–Crippen LogP) is 2.24. The summed E-state index contributed by atoms with van der Waals surface area (Å²) in [4.78, 5) is 0. The van der Waals surface area contributed by atoms with Crippen LogP contribution < -0.4 is 0 Å². The first kappa shape index (κ1) is 10.2. The van der Waals surface area contributed by atoms with Gasteiger partial charge in [0.25, 0.3) is 0 Å². The standard InChI is InChI=1S/C6H7BrO3S2/c1-2-10-12(8,9)6-4-3-5(7)11-6/h3-4H,2H2,1H3. The summed E-state index contributed by atoms with van der Waals surface area (Å²) in [6.45, 7) is 1.80. The lowest BCUT2D eigenvalue weighted by molar-refractivity contribution is 0.339. The molecular formula is C6H7BrO3S2. The number of thiophene rings is 1. The molecule has 0 saturated heterocycles. The molecule has 0 aliphatic heterocycles. The molecule has 1 heterocycles. The average Bonchev–Trinajstić information content (AvgIpc) is 2.36. The van der Waals surface area contributed by atoms with Crippen LogP contribution >= 0.6 is 27.3 Å². The minimum atomic E-state index is -3.50. The third-order valence-corrected chi connectivity index (χ3v) is 4.52. The molecule has 3 nitrogen and oxygen atoms in total. The first-order valence-corrected chi connectivity index (χ1v) is 6.23. The van der Waals surface area contributed by atoms with Gasteiger partial charge in [-0.05, 0) is 35.0 Å². The molecule has 0 aliphatic rings. The monoisotopic (exact) mass is 270 g/mol. The predicted molar refractivity (Wildman–Crippen MR) is 50.8 cm³/mol. The maximum absolute atomic E-state index is 11.2. The van der Waals surface area contributed by atoms with Crippen molar-refractivity contribution >= 4 is 37.4 Å². The number of halogens is 1. The lowest BCUT2D eigenvalue weighted by atomic mass is 10.7. The van der Waals surface area contributed by atoms with Gasteiger partial charge in [0, 0.05) is 0 Å². The van der Waals surface area contributed by atoms with Crippen LogP contribution in [0.5, 0.6) is 0 Å². The van der Waals surface area contributed by atoms with Crippen LogP contribution in [-0.2, 0) is 14.3 Å². The van der Waals surface area contributed by atoms with Crippen molar-refractivity contribution in [2.75, 3.05) is 6.61 Å². The van der Waals surface area contributed by atoms with E-state index in [9.17, 15) is 8.42 Å². The maximum atomic E-state index is 11.2. The van der Waals surface area contributed by atoms with Gasteiger partial charge in [0.1, 0.15) is 4.21 Å². The molecule has 0 spiro atoms. The van der Waals surface area contributed by atoms with Crippen molar-refractivity contribution in [2.45, 2.75) is 11.1 Å². The van der Waals surface area contributed by atoms with Gasteiger partial charge in [-0.3, -0.25) is 4.18 Å². The van der Waals surface area contributed by atoms with Crippen LogP contribution in [0.4, 0.5) is 0 Å². The molecule has 12 heavy (non-hydrogen) atoms. The molecule has 0 saturated carbocycles. The second kappa shape index (κ2) is 3.87. The van der Waals surface area contributed by atoms with Crippen molar-refractivity contribution in [3.63, 3.8) is 0 Å². The quantitative estimate of drug-likeness (QED) is 0.792. The molecule has 0 atom stereocenters. The lowest BCUT2D eigenvalue weighted by Crippen LogP contribution is -2.03. The normalized spacial score (nSPS) is 11.8. The molecule has 68 valence electrons. The highest BCUT2D eigenvalue weighted by atomic mass is 79.9. The molecule has 0 amide bonds. The molecule has 0 N–H and O–H groups in total. The molecule has 1 aromatic heterocycles.